The Balaban J connectivity index is 2.08. The Morgan fingerprint density at radius 1 is 1.43 bits per heavy atom. The minimum atomic E-state index is -3.64. The van der Waals surface area contributed by atoms with E-state index in [9.17, 15) is 18.3 Å². The van der Waals surface area contributed by atoms with Gasteiger partial charge in [0, 0.05) is 16.9 Å². The van der Waals surface area contributed by atoms with Crippen molar-refractivity contribution in [1.82, 2.24) is 4.31 Å². The summed E-state index contributed by atoms with van der Waals surface area (Å²) < 4.78 is 27.5. The highest BCUT2D eigenvalue weighted by molar-refractivity contribution is 9.10. The van der Waals surface area contributed by atoms with Crippen LogP contribution in [0, 0.1) is 0 Å². The van der Waals surface area contributed by atoms with Crippen molar-refractivity contribution in [2.75, 3.05) is 26.2 Å². The summed E-state index contributed by atoms with van der Waals surface area (Å²) in [6, 6.07) is 4.58. The Morgan fingerprint density at radius 3 is 2.57 bits per heavy atom. The van der Waals surface area contributed by atoms with E-state index in [1.54, 1.807) is 12.1 Å². The average Bonchev–Trinajstić information content (AvgIpc) is 2.46. The number of hydrogen-bond donors (Lipinski definition) is 1. The van der Waals surface area contributed by atoms with E-state index >= 15 is 0 Å². The van der Waals surface area contributed by atoms with Crippen LogP contribution >= 0.6 is 27.5 Å². The quantitative estimate of drug-likeness (QED) is 0.691. The molecule has 1 aromatic carbocycles. The third kappa shape index (κ3) is 4.45. The van der Waals surface area contributed by atoms with Crippen LogP contribution in [-0.2, 0) is 14.8 Å². The number of hydrogen-bond acceptors (Lipinski definition) is 4. The molecule has 0 radical (unpaired) electrons. The molecule has 1 atom stereocenters. The first kappa shape index (κ1) is 18.7. The van der Waals surface area contributed by atoms with Crippen molar-refractivity contribution in [3.63, 3.8) is 0 Å². The van der Waals surface area contributed by atoms with Crippen molar-refractivity contribution < 1.29 is 23.2 Å². The number of aliphatic carboxylic acids is 1. The van der Waals surface area contributed by atoms with Gasteiger partial charge in [-0.15, -0.1) is 0 Å². The predicted octanol–water partition coefficient (Wildman–Crippen LogP) is -0.480. The molecule has 1 fully saturated rings. The lowest BCUT2D eigenvalue weighted by atomic mass is 10.2. The van der Waals surface area contributed by atoms with Gasteiger partial charge in [0.2, 0.25) is 10.0 Å². The molecule has 0 saturated carbocycles. The van der Waals surface area contributed by atoms with Gasteiger partial charge in [-0.1, -0.05) is 27.5 Å². The van der Waals surface area contributed by atoms with E-state index in [4.69, 9.17) is 11.6 Å². The summed E-state index contributed by atoms with van der Waals surface area (Å²) in [5.74, 6) is -1.08. The molecule has 1 aliphatic rings. The van der Waals surface area contributed by atoms with Gasteiger partial charge in [-0.2, -0.15) is 4.31 Å². The highest BCUT2D eigenvalue weighted by Crippen LogP contribution is 2.27. The molecular formula is C14H18BrClN2O4S. The summed E-state index contributed by atoms with van der Waals surface area (Å²) in [5.41, 5.74) is 0. The number of nitrogens with one attached hydrogen (secondary N) is 1. The number of piperazine rings is 1. The molecule has 0 spiro atoms. The second-order valence-electron chi connectivity index (χ2n) is 5.61. The van der Waals surface area contributed by atoms with Gasteiger partial charge in [0.15, 0.2) is 0 Å². The SMILES string of the molecule is C[C@@H](CC(=O)[O-])[NH+]1CCN(S(=O)(=O)c2ccc(Br)cc2Cl)CC1. The Bertz CT molecular complexity index is 690. The number of nitrogens with zero attached hydrogens (tertiary/aromatic N) is 1. The second-order valence-corrected chi connectivity index (χ2v) is 8.84. The predicted molar refractivity (Wildman–Crippen MR) is 87.7 cm³/mol. The molecule has 6 nitrogen and oxygen atoms in total. The smallest absolute Gasteiger partial charge is 0.244 e. The van der Waals surface area contributed by atoms with Crippen LogP contribution in [0.5, 0.6) is 0 Å². The van der Waals surface area contributed by atoms with E-state index in [0.29, 0.717) is 30.7 Å². The van der Waals surface area contributed by atoms with Crippen LogP contribution in [0.15, 0.2) is 27.6 Å². The minimum Gasteiger partial charge on any atom is -0.550 e. The fraction of sp³-hybridized carbons (Fsp3) is 0.500. The Hall–Kier alpha value is -0.670. The molecule has 1 aliphatic heterocycles. The first-order chi connectivity index (χ1) is 10.7. The number of benzene rings is 1. The maximum Gasteiger partial charge on any atom is 0.244 e. The molecular weight excluding hydrogens is 408 g/mol. The van der Waals surface area contributed by atoms with Crippen LogP contribution < -0.4 is 10.0 Å². The third-order valence-electron chi connectivity index (χ3n) is 4.05. The van der Waals surface area contributed by atoms with Gasteiger partial charge < -0.3 is 14.8 Å². The lowest BCUT2D eigenvalue weighted by molar-refractivity contribution is -0.926. The summed E-state index contributed by atoms with van der Waals surface area (Å²) in [6.45, 7) is 3.62. The van der Waals surface area contributed by atoms with Crippen molar-refractivity contribution in [3.8, 4) is 0 Å². The van der Waals surface area contributed by atoms with Gasteiger partial charge >= 0.3 is 0 Å². The largest absolute Gasteiger partial charge is 0.550 e. The maximum absolute atomic E-state index is 12.7. The molecule has 1 N–H and O–H groups in total. The van der Waals surface area contributed by atoms with Crippen LogP contribution in [0.25, 0.3) is 0 Å². The standard InChI is InChI=1S/C14H18BrClN2O4S/c1-10(8-14(19)20)17-4-6-18(7-5-17)23(21,22)13-3-2-11(15)9-12(13)16/h2-3,9-10H,4-8H2,1H3,(H,19,20)/t10-/m0/s1. The summed E-state index contributed by atoms with van der Waals surface area (Å²) >= 11 is 9.31. The van der Waals surface area contributed by atoms with Crippen molar-refractivity contribution in [3.05, 3.63) is 27.7 Å². The van der Waals surface area contributed by atoms with E-state index in [0.717, 1.165) is 4.90 Å². The van der Waals surface area contributed by atoms with Crippen molar-refractivity contribution >= 4 is 43.5 Å². The van der Waals surface area contributed by atoms with Crippen LogP contribution in [0.2, 0.25) is 5.02 Å². The van der Waals surface area contributed by atoms with E-state index in [-0.39, 0.29) is 22.4 Å². The number of rotatable bonds is 5. The van der Waals surface area contributed by atoms with Gasteiger partial charge in [-0.3, -0.25) is 0 Å². The normalized spacial score (nSPS) is 18.7. The Morgan fingerprint density at radius 2 is 2.04 bits per heavy atom. The Labute approximate surface area is 149 Å². The number of sulfonamides is 1. The zero-order valence-electron chi connectivity index (χ0n) is 12.6. The molecule has 128 valence electrons. The van der Waals surface area contributed by atoms with E-state index in [1.165, 1.54) is 10.4 Å². The number of carbonyl (C=O) groups is 1. The summed E-state index contributed by atoms with van der Waals surface area (Å²) in [5, 5.41) is 10.9. The fourth-order valence-corrected chi connectivity index (χ4v) is 5.18. The van der Waals surface area contributed by atoms with Crippen LogP contribution in [0.3, 0.4) is 0 Å². The number of quaternary nitrogens is 1. The van der Waals surface area contributed by atoms with Gasteiger partial charge in [0.25, 0.3) is 0 Å². The molecule has 23 heavy (non-hydrogen) atoms. The first-order valence-electron chi connectivity index (χ1n) is 7.21. The molecule has 0 amide bonds. The molecule has 0 aliphatic carbocycles. The number of carboxylic acids is 1. The molecule has 9 heteroatoms. The number of halogens is 2. The van der Waals surface area contributed by atoms with E-state index in [1.807, 2.05) is 6.92 Å². The van der Waals surface area contributed by atoms with Crippen molar-refractivity contribution in [2.24, 2.45) is 0 Å². The molecule has 1 saturated heterocycles. The highest BCUT2D eigenvalue weighted by Gasteiger charge is 2.33. The van der Waals surface area contributed by atoms with E-state index in [2.05, 4.69) is 15.9 Å². The molecule has 2 rings (SSSR count). The lowest BCUT2D eigenvalue weighted by Gasteiger charge is -2.35. The summed E-state index contributed by atoms with van der Waals surface area (Å²) in [7, 11) is -3.64. The van der Waals surface area contributed by atoms with Crippen LogP contribution in [-0.4, -0.2) is 50.9 Å². The van der Waals surface area contributed by atoms with Gasteiger partial charge in [0.05, 0.1) is 37.2 Å². The highest BCUT2D eigenvalue weighted by atomic mass is 79.9. The van der Waals surface area contributed by atoms with Crippen molar-refractivity contribution in [1.29, 1.82) is 0 Å². The molecule has 1 heterocycles. The van der Waals surface area contributed by atoms with Crippen molar-refractivity contribution in [2.45, 2.75) is 24.3 Å². The second kappa shape index (κ2) is 7.48. The molecule has 0 bridgehead atoms. The average molecular weight is 426 g/mol. The number of carboxylic acid groups (broad SMARTS) is 1. The van der Waals surface area contributed by atoms with E-state index < -0.39 is 16.0 Å². The monoisotopic (exact) mass is 424 g/mol. The Kier molecular flexibility index (Phi) is 6.07. The van der Waals surface area contributed by atoms with Gasteiger partial charge in [0.1, 0.15) is 4.90 Å². The van der Waals surface area contributed by atoms with Gasteiger partial charge in [-0.25, -0.2) is 8.42 Å². The maximum atomic E-state index is 12.7. The topological polar surface area (TPSA) is 81.9 Å². The minimum absolute atomic E-state index is 0.0272. The lowest BCUT2D eigenvalue weighted by Crippen LogP contribution is -3.18. The van der Waals surface area contributed by atoms with Crippen LogP contribution in [0.4, 0.5) is 0 Å². The first-order valence-corrected chi connectivity index (χ1v) is 9.82. The summed E-state index contributed by atoms with van der Waals surface area (Å²) in [6.07, 6.45) is -0.0272. The molecule has 1 aromatic rings. The zero-order chi connectivity index (χ0) is 17.2. The third-order valence-corrected chi connectivity index (χ3v) is 6.92. The number of carbonyl (C=O) groups excluding carboxylic acids is 1. The molecule has 0 unspecified atom stereocenters. The fourth-order valence-electron chi connectivity index (χ4n) is 2.72. The molecule has 0 aromatic heterocycles. The van der Waals surface area contributed by atoms with Gasteiger partial charge in [-0.05, 0) is 25.1 Å². The summed E-state index contributed by atoms with van der Waals surface area (Å²) in [4.78, 5) is 11.8. The van der Waals surface area contributed by atoms with Crippen LogP contribution in [0.1, 0.15) is 13.3 Å². The zero-order valence-corrected chi connectivity index (χ0v) is 15.7.